The van der Waals surface area contributed by atoms with Crippen molar-refractivity contribution in [3.8, 4) is 0 Å². The molecule has 3 rings (SSSR count). The standard InChI is InChI=1S/C15H17NS/c1-2-4-13-11-15(6-5-12(13)3-1)17-14-7-9-16-10-8-14/h1-6,11,14,16H,7-10H2. The highest BCUT2D eigenvalue weighted by atomic mass is 32.2. The van der Waals surface area contributed by atoms with Crippen molar-refractivity contribution < 1.29 is 0 Å². The van der Waals surface area contributed by atoms with E-state index in [1.807, 2.05) is 11.8 Å². The predicted molar refractivity (Wildman–Crippen MR) is 75.7 cm³/mol. The highest BCUT2D eigenvalue weighted by Gasteiger charge is 2.13. The molecular formula is C15H17NS. The van der Waals surface area contributed by atoms with Gasteiger partial charge in [0.05, 0.1) is 0 Å². The molecule has 0 aliphatic carbocycles. The Kier molecular flexibility index (Phi) is 3.34. The van der Waals surface area contributed by atoms with Gasteiger partial charge in [0.2, 0.25) is 0 Å². The molecule has 2 aromatic rings. The molecule has 17 heavy (non-hydrogen) atoms. The lowest BCUT2D eigenvalue weighted by molar-refractivity contribution is 0.531. The lowest BCUT2D eigenvalue weighted by Crippen LogP contribution is -2.29. The second-order valence-electron chi connectivity index (χ2n) is 4.58. The van der Waals surface area contributed by atoms with E-state index in [-0.39, 0.29) is 0 Å². The van der Waals surface area contributed by atoms with Gasteiger partial charge in [-0.15, -0.1) is 11.8 Å². The van der Waals surface area contributed by atoms with Crippen LogP contribution in [0.4, 0.5) is 0 Å². The summed E-state index contributed by atoms with van der Waals surface area (Å²) in [4.78, 5) is 1.41. The van der Waals surface area contributed by atoms with E-state index in [1.54, 1.807) is 0 Å². The van der Waals surface area contributed by atoms with Crippen molar-refractivity contribution in [3.63, 3.8) is 0 Å². The van der Waals surface area contributed by atoms with Gasteiger partial charge in [-0.3, -0.25) is 0 Å². The highest BCUT2D eigenvalue weighted by Crippen LogP contribution is 2.30. The average molecular weight is 243 g/mol. The van der Waals surface area contributed by atoms with Gasteiger partial charge in [0.1, 0.15) is 0 Å². The summed E-state index contributed by atoms with van der Waals surface area (Å²) in [7, 11) is 0. The second kappa shape index (κ2) is 5.11. The number of rotatable bonds is 2. The van der Waals surface area contributed by atoms with Crippen molar-refractivity contribution in [2.75, 3.05) is 13.1 Å². The molecular weight excluding hydrogens is 226 g/mol. The van der Waals surface area contributed by atoms with Crippen LogP contribution in [0.25, 0.3) is 10.8 Å². The normalized spacial score (nSPS) is 17.4. The fraction of sp³-hybridized carbons (Fsp3) is 0.333. The fourth-order valence-electron chi connectivity index (χ4n) is 2.35. The number of fused-ring (bicyclic) bond motifs is 1. The smallest absolute Gasteiger partial charge is 0.0118 e. The molecule has 0 unspecified atom stereocenters. The second-order valence-corrected chi connectivity index (χ2v) is 5.95. The Balaban J connectivity index is 1.80. The summed E-state index contributed by atoms with van der Waals surface area (Å²) in [6.45, 7) is 2.34. The summed E-state index contributed by atoms with van der Waals surface area (Å²) in [5, 5.41) is 6.89. The first-order chi connectivity index (χ1) is 8.42. The molecule has 0 bridgehead atoms. The first-order valence-corrected chi connectivity index (χ1v) is 7.16. The maximum Gasteiger partial charge on any atom is 0.0118 e. The molecule has 0 spiro atoms. The molecule has 1 aliphatic rings. The van der Waals surface area contributed by atoms with Crippen LogP contribution in [0.5, 0.6) is 0 Å². The zero-order valence-electron chi connectivity index (χ0n) is 9.86. The van der Waals surface area contributed by atoms with Crippen molar-refractivity contribution >= 4 is 22.5 Å². The number of nitrogens with one attached hydrogen (secondary N) is 1. The Morgan fingerprint density at radius 1 is 0.941 bits per heavy atom. The highest BCUT2D eigenvalue weighted by molar-refractivity contribution is 8.00. The van der Waals surface area contributed by atoms with Gasteiger partial charge in [0.15, 0.2) is 0 Å². The average Bonchev–Trinajstić information content (AvgIpc) is 2.40. The van der Waals surface area contributed by atoms with Gasteiger partial charge in [-0.25, -0.2) is 0 Å². The quantitative estimate of drug-likeness (QED) is 0.863. The zero-order chi connectivity index (χ0) is 11.5. The van der Waals surface area contributed by atoms with Gasteiger partial charge in [-0.05, 0) is 48.8 Å². The third kappa shape index (κ3) is 2.64. The molecule has 1 N–H and O–H groups in total. The third-order valence-electron chi connectivity index (χ3n) is 3.31. The first kappa shape index (κ1) is 11.1. The summed E-state index contributed by atoms with van der Waals surface area (Å²) < 4.78 is 0. The van der Waals surface area contributed by atoms with E-state index in [4.69, 9.17) is 0 Å². The molecule has 1 nitrogen and oxygen atoms in total. The number of thioether (sulfide) groups is 1. The third-order valence-corrected chi connectivity index (χ3v) is 4.64. The van der Waals surface area contributed by atoms with E-state index in [0.29, 0.717) is 0 Å². The maximum atomic E-state index is 3.42. The van der Waals surface area contributed by atoms with Crippen molar-refractivity contribution in [1.29, 1.82) is 0 Å². The number of benzene rings is 2. The van der Waals surface area contributed by atoms with Gasteiger partial charge in [-0.2, -0.15) is 0 Å². The van der Waals surface area contributed by atoms with Crippen LogP contribution >= 0.6 is 11.8 Å². The van der Waals surface area contributed by atoms with Gasteiger partial charge in [0, 0.05) is 10.1 Å². The van der Waals surface area contributed by atoms with Crippen molar-refractivity contribution in [3.05, 3.63) is 42.5 Å². The fourth-order valence-corrected chi connectivity index (χ4v) is 3.54. The lowest BCUT2D eigenvalue weighted by Gasteiger charge is -2.22. The molecule has 0 saturated carbocycles. The summed E-state index contributed by atoms with van der Waals surface area (Å²) in [6.07, 6.45) is 2.58. The van der Waals surface area contributed by atoms with Gasteiger partial charge in [-0.1, -0.05) is 30.3 Å². The van der Waals surface area contributed by atoms with Crippen molar-refractivity contribution in [2.24, 2.45) is 0 Å². The Labute approximate surface area is 107 Å². The molecule has 88 valence electrons. The molecule has 0 radical (unpaired) electrons. The van der Waals surface area contributed by atoms with Crippen LogP contribution in [0.15, 0.2) is 47.4 Å². The topological polar surface area (TPSA) is 12.0 Å². The molecule has 0 atom stereocenters. The SMILES string of the molecule is c1ccc2cc(SC3CCNCC3)ccc2c1. The largest absolute Gasteiger partial charge is 0.317 e. The zero-order valence-corrected chi connectivity index (χ0v) is 10.7. The Bertz CT molecular complexity index is 503. The minimum Gasteiger partial charge on any atom is -0.317 e. The lowest BCUT2D eigenvalue weighted by atomic mass is 10.1. The van der Waals surface area contributed by atoms with E-state index in [0.717, 1.165) is 5.25 Å². The Hall–Kier alpha value is -0.990. The van der Waals surface area contributed by atoms with Gasteiger partial charge < -0.3 is 5.32 Å². The summed E-state index contributed by atoms with van der Waals surface area (Å²) in [5.41, 5.74) is 0. The van der Waals surface area contributed by atoms with Crippen LogP contribution in [0.1, 0.15) is 12.8 Å². The minimum absolute atomic E-state index is 0.789. The monoisotopic (exact) mass is 243 g/mol. The summed E-state index contributed by atoms with van der Waals surface area (Å²) in [5.74, 6) is 0. The molecule has 2 aromatic carbocycles. The number of piperidine rings is 1. The molecule has 1 saturated heterocycles. The molecule has 1 aliphatic heterocycles. The first-order valence-electron chi connectivity index (χ1n) is 6.28. The Morgan fingerprint density at radius 3 is 2.53 bits per heavy atom. The van der Waals surface area contributed by atoms with Crippen molar-refractivity contribution in [2.45, 2.75) is 23.0 Å². The predicted octanol–water partition coefficient (Wildman–Crippen LogP) is 3.68. The van der Waals surface area contributed by atoms with E-state index < -0.39 is 0 Å². The van der Waals surface area contributed by atoms with Crippen LogP contribution in [-0.2, 0) is 0 Å². The van der Waals surface area contributed by atoms with E-state index in [9.17, 15) is 0 Å². The number of hydrogen-bond acceptors (Lipinski definition) is 2. The van der Waals surface area contributed by atoms with Crippen LogP contribution in [0, 0.1) is 0 Å². The summed E-state index contributed by atoms with van der Waals surface area (Å²) in [6, 6.07) is 15.4. The maximum absolute atomic E-state index is 3.42. The van der Waals surface area contributed by atoms with Crippen LogP contribution in [0.3, 0.4) is 0 Å². The number of hydrogen-bond donors (Lipinski definition) is 1. The molecule has 1 fully saturated rings. The molecule has 0 aromatic heterocycles. The van der Waals surface area contributed by atoms with E-state index >= 15 is 0 Å². The van der Waals surface area contributed by atoms with Crippen LogP contribution in [0.2, 0.25) is 0 Å². The van der Waals surface area contributed by atoms with Gasteiger partial charge >= 0.3 is 0 Å². The van der Waals surface area contributed by atoms with Crippen LogP contribution < -0.4 is 5.32 Å². The van der Waals surface area contributed by atoms with E-state index in [1.165, 1.54) is 41.6 Å². The minimum atomic E-state index is 0.789. The summed E-state index contributed by atoms with van der Waals surface area (Å²) >= 11 is 2.04. The van der Waals surface area contributed by atoms with Gasteiger partial charge in [0.25, 0.3) is 0 Å². The molecule has 0 amide bonds. The molecule has 2 heteroatoms. The van der Waals surface area contributed by atoms with E-state index in [2.05, 4.69) is 47.8 Å². The van der Waals surface area contributed by atoms with Crippen LogP contribution in [-0.4, -0.2) is 18.3 Å². The molecule has 1 heterocycles. The van der Waals surface area contributed by atoms with Crippen molar-refractivity contribution in [1.82, 2.24) is 5.32 Å². The Morgan fingerprint density at radius 2 is 1.71 bits per heavy atom.